The largest absolute Gasteiger partial charge is 0.324 e. The number of hydrogen-bond acceptors (Lipinski definition) is 3. The zero-order chi connectivity index (χ0) is 12.1. The van der Waals surface area contributed by atoms with Gasteiger partial charge in [-0.05, 0) is 18.1 Å². The Bertz CT molecular complexity index is 382. The number of nitrogens with zero attached hydrogens (tertiary/aromatic N) is 1. The second kappa shape index (κ2) is 5.82. The molecule has 88 valence electrons. The summed E-state index contributed by atoms with van der Waals surface area (Å²) in [5.74, 6) is 0. The Morgan fingerprint density at radius 2 is 2.25 bits per heavy atom. The number of nitro groups is 1. The monoisotopic (exact) mass is 242 g/mol. The standard InChI is InChI=1S/C11H15ClN2O2/c1-2-3-4-10(13)8-5-6-9(12)11(7-8)14(15)16/h5-7,10H,2-4,13H2,1H3/t10-/m0/s1. The quantitative estimate of drug-likeness (QED) is 0.635. The van der Waals surface area contributed by atoms with Crippen molar-refractivity contribution in [3.8, 4) is 0 Å². The normalized spacial score (nSPS) is 12.4. The molecular weight excluding hydrogens is 228 g/mol. The Balaban J connectivity index is 2.89. The first-order valence-electron chi connectivity index (χ1n) is 5.25. The van der Waals surface area contributed by atoms with Gasteiger partial charge < -0.3 is 5.73 Å². The molecule has 0 fully saturated rings. The minimum absolute atomic E-state index is 0.0777. The number of unbranched alkanes of at least 4 members (excludes halogenated alkanes) is 1. The first-order valence-corrected chi connectivity index (χ1v) is 5.63. The summed E-state index contributed by atoms with van der Waals surface area (Å²) in [4.78, 5) is 10.2. The van der Waals surface area contributed by atoms with Crippen molar-refractivity contribution in [2.24, 2.45) is 5.73 Å². The molecule has 4 nitrogen and oxygen atoms in total. The maximum Gasteiger partial charge on any atom is 0.288 e. The molecule has 0 unspecified atom stereocenters. The minimum Gasteiger partial charge on any atom is -0.324 e. The van der Waals surface area contributed by atoms with E-state index in [1.54, 1.807) is 6.07 Å². The molecular formula is C11H15ClN2O2. The number of benzene rings is 1. The molecule has 1 atom stereocenters. The smallest absolute Gasteiger partial charge is 0.288 e. The summed E-state index contributed by atoms with van der Waals surface area (Å²) in [5.41, 5.74) is 6.62. The Morgan fingerprint density at radius 3 is 2.81 bits per heavy atom. The molecule has 0 aromatic heterocycles. The highest BCUT2D eigenvalue weighted by atomic mass is 35.5. The van der Waals surface area contributed by atoms with Crippen LogP contribution in [0.2, 0.25) is 5.02 Å². The highest BCUT2D eigenvalue weighted by Crippen LogP contribution is 2.28. The van der Waals surface area contributed by atoms with E-state index in [9.17, 15) is 10.1 Å². The SMILES string of the molecule is CCCC[C@H](N)c1ccc(Cl)c([N+](=O)[O-])c1. The minimum atomic E-state index is -0.488. The number of nitrogens with two attached hydrogens (primary N) is 1. The van der Waals surface area contributed by atoms with E-state index in [1.165, 1.54) is 12.1 Å². The van der Waals surface area contributed by atoms with Crippen LogP contribution < -0.4 is 5.73 Å². The molecule has 0 saturated heterocycles. The van der Waals surface area contributed by atoms with E-state index in [4.69, 9.17) is 17.3 Å². The topological polar surface area (TPSA) is 69.2 Å². The van der Waals surface area contributed by atoms with Crippen LogP contribution in [0.4, 0.5) is 5.69 Å². The van der Waals surface area contributed by atoms with Crippen molar-refractivity contribution >= 4 is 17.3 Å². The second-order valence-electron chi connectivity index (χ2n) is 3.72. The average molecular weight is 243 g/mol. The number of nitro benzene ring substituents is 1. The summed E-state index contributed by atoms with van der Waals surface area (Å²) in [7, 11) is 0. The Morgan fingerprint density at radius 1 is 1.56 bits per heavy atom. The highest BCUT2D eigenvalue weighted by Gasteiger charge is 2.15. The van der Waals surface area contributed by atoms with Gasteiger partial charge in [0.15, 0.2) is 0 Å². The Kier molecular flexibility index (Phi) is 4.71. The molecule has 0 spiro atoms. The number of hydrogen-bond donors (Lipinski definition) is 1. The van der Waals surface area contributed by atoms with Crippen molar-refractivity contribution in [2.75, 3.05) is 0 Å². The maximum atomic E-state index is 10.7. The number of rotatable bonds is 5. The number of halogens is 1. The van der Waals surface area contributed by atoms with Gasteiger partial charge in [-0.25, -0.2) is 0 Å². The van der Waals surface area contributed by atoms with Crippen LogP contribution in [-0.4, -0.2) is 4.92 Å². The fourth-order valence-corrected chi connectivity index (χ4v) is 1.68. The third-order valence-electron chi connectivity index (χ3n) is 2.46. The average Bonchev–Trinajstić information content (AvgIpc) is 2.26. The van der Waals surface area contributed by atoms with Gasteiger partial charge >= 0.3 is 0 Å². The van der Waals surface area contributed by atoms with Gasteiger partial charge in [0.2, 0.25) is 0 Å². The summed E-state index contributed by atoms with van der Waals surface area (Å²) in [6.07, 6.45) is 2.90. The second-order valence-corrected chi connectivity index (χ2v) is 4.12. The molecule has 1 rings (SSSR count). The van der Waals surface area contributed by atoms with E-state index in [1.807, 2.05) is 0 Å². The third kappa shape index (κ3) is 3.18. The van der Waals surface area contributed by atoms with E-state index >= 15 is 0 Å². The van der Waals surface area contributed by atoms with Gasteiger partial charge in [0.1, 0.15) is 5.02 Å². The lowest BCUT2D eigenvalue weighted by atomic mass is 10.0. The fourth-order valence-electron chi connectivity index (χ4n) is 1.49. The molecule has 16 heavy (non-hydrogen) atoms. The van der Waals surface area contributed by atoms with Gasteiger partial charge in [-0.2, -0.15) is 0 Å². The summed E-state index contributed by atoms with van der Waals surface area (Å²) >= 11 is 5.72. The van der Waals surface area contributed by atoms with Crippen LogP contribution >= 0.6 is 11.6 Å². The highest BCUT2D eigenvalue weighted by molar-refractivity contribution is 6.32. The van der Waals surface area contributed by atoms with E-state index in [0.717, 1.165) is 24.8 Å². The molecule has 0 bridgehead atoms. The van der Waals surface area contributed by atoms with E-state index < -0.39 is 4.92 Å². The van der Waals surface area contributed by atoms with Gasteiger partial charge in [-0.1, -0.05) is 37.4 Å². The molecule has 2 N–H and O–H groups in total. The van der Waals surface area contributed by atoms with Gasteiger partial charge in [0.05, 0.1) is 4.92 Å². The van der Waals surface area contributed by atoms with Gasteiger partial charge in [0.25, 0.3) is 5.69 Å². The van der Waals surface area contributed by atoms with Crippen LogP contribution in [0.5, 0.6) is 0 Å². The molecule has 0 saturated carbocycles. The molecule has 0 aliphatic rings. The molecule has 1 aromatic carbocycles. The van der Waals surface area contributed by atoms with Crippen LogP contribution in [0.25, 0.3) is 0 Å². The van der Waals surface area contributed by atoms with Crippen LogP contribution in [-0.2, 0) is 0 Å². The Hall–Kier alpha value is -1.13. The molecule has 1 aromatic rings. The summed E-state index contributed by atoms with van der Waals surface area (Å²) < 4.78 is 0. The molecule has 0 heterocycles. The molecule has 5 heteroatoms. The summed E-state index contributed by atoms with van der Waals surface area (Å²) in [6, 6.07) is 4.58. The van der Waals surface area contributed by atoms with Crippen molar-refractivity contribution in [3.05, 3.63) is 38.9 Å². The van der Waals surface area contributed by atoms with Crippen LogP contribution in [0.15, 0.2) is 18.2 Å². The van der Waals surface area contributed by atoms with E-state index in [2.05, 4.69) is 6.92 Å². The van der Waals surface area contributed by atoms with E-state index in [0.29, 0.717) is 0 Å². The third-order valence-corrected chi connectivity index (χ3v) is 2.78. The van der Waals surface area contributed by atoms with Crippen LogP contribution in [0, 0.1) is 10.1 Å². The predicted molar refractivity (Wildman–Crippen MR) is 64.6 cm³/mol. The molecule has 0 amide bonds. The first kappa shape index (κ1) is 12.9. The van der Waals surface area contributed by atoms with Crippen molar-refractivity contribution in [3.63, 3.8) is 0 Å². The summed E-state index contributed by atoms with van der Waals surface area (Å²) in [6.45, 7) is 2.08. The Labute approximate surface area is 99.6 Å². The fraction of sp³-hybridized carbons (Fsp3) is 0.455. The summed E-state index contributed by atoms with van der Waals surface area (Å²) in [5, 5.41) is 10.8. The van der Waals surface area contributed by atoms with Gasteiger partial charge in [0, 0.05) is 12.1 Å². The zero-order valence-corrected chi connectivity index (χ0v) is 9.91. The lowest BCUT2D eigenvalue weighted by molar-refractivity contribution is -0.384. The van der Waals surface area contributed by atoms with Crippen molar-refractivity contribution in [1.82, 2.24) is 0 Å². The maximum absolute atomic E-state index is 10.7. The van der Waals surface area contributed by atoms with E-state index in [-0.39, 0.29) is 16.8 Å². The lowest BCUT2D eigenvalue weighted by Crippen LogP contribution is -2.10. The molecule has 0 aliphatic heterocycles. The zero-order valence-electron chi connectivity index (χ0n) is 9.15. The van der Waals surface area contributed by atoms with Gasteiger partial charge in [-0.15, -0.1) is 0 Å². The van der Waals surface area contributed by atoms with Crippen molar-refractivity contribution < 1.29 is 4.92 Å². The van der Waals surface area contributed by atoms with Crippen LogP contribution in [0.3, 0.4) is 0 Å². The van der Waals surface area contributed by atoms with Crippen LogP contribution in [0.1, 0.15) is 37.8 Å². The van der Waals surface area contributed by atoms with Crippen molar-refractivity contribution in [1.29, 1.82) is 0 Å². The molecule has 0 aliphatic carbocycles. The lowest BCUT2D eigenvalue weighted by Gasteiger charge is -2.11. The van der Waals surface area contributed by atoms with Crippen molar-refractivity contribution in [2.45, 2.75) is 32.2 Å². The molecule has 0 radical (unpaired) electrons. The predicted octanol–water partition coefficient (Wildman–Crippen LogP) is 3.44. The first-order chi connectivity index (χ1) is 7.56. The van der Waals surface area contributed by atoms with Gasteiger partial charge in [-0.3, -0.25) is 10.1 Å².